The lowest BCUT2D eigenvalue weighted by molar-refractivity contribution is 0.386. The summed E-state index contributed by atoms with van der Waals surface area (Å²) in [4.78, 5) is 4.21. The highest BCUT2D eigenvalue weighted by Gasteiger charge is 2.24. The summed E-state index contributed by atoms with van der Waals surface area (Å²) in [5, 5.41) is 8.54. The van der Waals surface area contributed by atoms with E-state index in [4.69, 9.17) is 0 Å². The topological polar surface area (TPSA) is 69.6 Å². The van der Waals surface area contributed by atoms with E-state index >= 15 is 0 Å². The number of sulfonamides is 1. The maximum Gasteiger partial charge on any atom is 0.211 e. The molecule has 1 saturated heterocycles. The number of hydrogen-bond donors (Lipinski definition) is 0. The van der Waals surface area contributed by atoms with Gasteiger partial charge in [-0.3, -0.25) is 0 Å². The standard InChI is InChI=1S/C13H23N5O2S/c1-4-16(5-2)12-6-7-13(15-14-12)17-8-10-18(11-9-17)21(3,19)20/h6-7H,4-5,8-11H2,1-3H3. The molecule has 0 aromatic carbocycles. The van der Waals surface area contributed by atoms with Crippen LogP contribution in [0.5, 0.6) is 0 Å². The van der Waals surface area contributed by atoms with E-state index in [0.717, 1.165) is 24.7 Å². The first-order valence-electron chi connectivity index (χ1n) is 7.24. The van der Waals surface area contributed by atoms with Crippen LogP contribution >= 0.6 is 0 Å². The molecule has 0 unspecified atom stereocenters. The first-order valence-corrected chi connectivity index (χ1v) is 9.09. The Hall–Kier alpha value is -1.41. The molecular formula is C13H23N5O2S. The lowest BCUT2D eigenvalue weighted by Crippen LogP contribution is -2.48. The summed E-state index contributed by atoms with van der Waals surface area (Å²) in [6.07, 6.45) is 1.25. The normalized spacial score (nSPS) is 17.0. The van der Waals surface area contributed by atoms with E-state index in [2.05, 4.69) is 33.8 Å². The fraction of sp³-hybridized carbons (Fsp3) is 0.692. The van der Waals surface area contributed by atoms with E-state index in [0.29, 0.717) is 26.2 Å². The van der Waals surface area contributed by atoms with Crippen LogP contribution in [0.3, 0.4) is 0 Å². The maximum absolute atomic E-state index is 11.5. The molecule has 1 aliphatic heterocycles. The zero-order chi connectivity index (χ0) is 15.5. The third-order valence-electron chi connectivity index (χ3n) is 3.76. The van der Waals surface area contributed by atoms with E-state index in [1.165, 1.54) is 10.6 Å². The van der Waals surface area contributed by atoms with Gasteiger partial charge in [0.05, 0.1) is 6.26 Å². The highest BCUT2D eigenvalue weighted by Crippen LogP contribution is 2.17. The van der Waals surface area contributed by atoms with Gasteiger partial charge in [0.2, 0.25) is 10.0 Å². The Morgan fingerprint density at radius 1 is 1.10 bits per heavy atom. The molecule has 1 fully saturated rings. The zero-order valence-electron chi connectivity index (χ0n) is 12.9. The van der Waals surface area contributed by atoms with Crippen molar-refractivity contribution in [3.8, 4) is 0 Å². The van der Waals surface area contributed by atoms with E-state index in [1.807, 2.05) is 12.1 Å². The minimum absolute atomic E-state index is 0.498. The highest BCUT2D eigenvalue weighted by atomic mass is 32.2. The monoisotopic (exact) mass is 313 g/mol. The Bertz CT molecular complexity index is 548. The van der Waals surface area contributed by atoms with Crippen LogP contribution in [0.1, 0.15) is 13.8 Å². The van der Waals surface area contributed by atoms with Crippen LogP contribution in [-0.4, -0.2) is 68.4 Å². The molecule has 2 rings (SSSR count). The number of anilines is 2. The second-order valence-corrected chi connectivity index (χ2v) is 7.05. The minimum atomic E-state index is -3.09. The predicted molar refractivity (Wildman–Crippen MR) is 84.2 cm³/mol. The number of rotatable bonds is 5. The second kappa shape index (κ2) is 6.57. The molecule has 0 N–H and O–H groups in total. The van der Waals surface area contributed by atoms with E-state index in [9.17, 15) is 8.42 Å². The van der Waals surface area contributed by atoms with Gasteiger partial charge in [-0.05, 0) is 26.0 Å². The third kappa shape index (κ3) is 3.82. The number of aromatic nitrogens is 2. The Morgan fingerprint density at radius 3 is 2.14 bits per heavy atom. The van der Waals surface area contributed by atoms with Crippen LogP contribution in [0.15, 0.2) is 12.1 Å². The van der Waals surface area contributed by atoms with Crippen molar-refractivity contribution in [3.05, 3.63) is 12.1 Å². The molecule has 21 heavy (non-hydrogen) atoms. The Kier molecular flexibility index (Phi) is 5.00. The van der Waals surface area contributed by atoms with Crippen molar-refractivity contribution in [1.82, 2.24) is 14.5 Å². The summed E-state index contributed by atoms with van der Waals surface area (Å²) in [6.45, 7) is 8.26. The van der Waals surface area contributed by atoms with Crippen molar-refractivity contribution >= 4 is 21.7 Å². The number of hydrogen-bond acceptors (Lipinski definition) is 6. The predicted octanol–water partition coefficient (Wildman–Crippen LogP) is 0.404. The number of nitrogens with zero attached hydrogens (tertiary/aromatic N) is 5. The van der Waals surface area contributed by atoms with Gasteiger partial charge >= 0.3 is 0 Å². The fourth-order valence-electron chi connectivity index (χ4n) is 2.45. The molecule has 118 valence electrons. The minimum Gasteiger partial charge on any atom is -0.356 e. The van der Waals surface area contributed by atoms with E-state index in [1.54, 1.807) is 0 Å². The molecule has 1 aliphatic rings. The molecule has 0 amide bonds. The maximum atomic E-state index is 11.5. The Labute approximate surface area is 126 Å². The molecule has 2 heterocycles. The summed E-state index contributed by atoms with van der Waals surface area (Å²) >= 11 is 0. The van der Waals surface area contributed by atoms with Gasteiger partial charge in [0, 0.05) is 39.3 Å². The van der Waals surface area contributed by atoms with E-state index in [-0.39, 0.29) is 0 Å². The largest absolute Gasteiger partial charge is 0.356 e. The molecule has 0 saturated carbocycles. The van der Waals surface area contributed by atoms with Crippen molar-refractivity contribution < 1.29 is 8.42 Å². The summed E-state index contributed by atoms with van der Waals surface area (Å²) in [7, 11) is -3.09. The second-order valence-electron chi connectivity index (χ2n) is 5.07. The quantitative estimate of drug-likeness (QED) is 0.784. The summed E-state index contributed by atoms with van der Waals surface area (Å²) in [5.74, 6) is 1.68. The summed E-state index contributed by atoms with van der Waals surface area (Å²) in [5.41, 5.74) is 0. The molecular weight excluding hydrogens is 290 g/mol. The summed E-state index contributed by atoms with van der Waals surface area (Å²) < 4.78 is 24.5. The van der Waals surface area contributed by atoms with Gasteiger partial charge in [0.25, 0.3) is 0 Å². The van der Waals surface area contributed by atoms with Gasteiger partial charge in [0.1, 0.15) is 0 Å². The SMILES string of the molecule is CCN(CC)c1ccc(N2CCN(S(C)(=O)=O)CC2)nn1. The molecule has 1 aromatic heterocycles. The third-order valence-corrected chi connectivity index (χ3v) is 5.06. The lowest BCUT2D eigenvalue weighted by atomic mass is 10.3. The van der Waals surface area contributed by atoms with Gasteiger partial charge < -0.3 is 9.80 Å². The average molecular weight is 313 g/mol. The van der Waals surface area contributed by atoms with Gasteiger partial charge in [0.15, 0.2) is 11.6 Å². The molecule has 0 atom stereocenters. The van der Waals surface area contributed by atoms with Gasteiger partial charge in [-0.25, -0.2) is 8.42 Å². The average Bonchev–Trinajstić information content (AvgIpc) is 2.48. The molecule has 0 bridgehead atoms. The van der Waals surface area contributed by atoms with Crippen LogP contribution in [0.25, 0.3) is 0 Å². The molecule has 8 heteroatoms. The van der Waals surface area contributed by atoms with Crippen molar-refractivity contribution in [2.75, 3.05) is 55.3 Å². The lowest BCUT2D eigenvalue weighted by Gasteiger charge is -2.33. The van der Waals surface area contributed by atoms with Crippen LogP contribution in [0, 0.1) is 0 Å². The van der Waals surface area contributed by atoms with Gasteiger partial charge in [-0.2, -0.15) is 4.31 Å². The summed E-state index contributed by atoms with van der Waals surface area (Å²) in [6, 6.07) is 3.93. The van der Waals surface area contributed by atoms with Crippen LogP contribution in [-0.2, 0) is 10.0 Å². The van der Waals surface area contributed by atoms with Crippen LogP contribution in [0.4, 0.5) is 11.6 Å². The Morgan fingerprint density at radius 2 is 1.71 bits per heavy atom. The van der Waals surface area contributed by atoms with Gasteiger partial charge in [-0.1, -0.05) is 0 Å². The molecule has 1 aromatic rings. The van der Waals surface area contributed by atoms with Gasteiger partial charge in [-0.15, -0.1) is 10.2 Å². The number of piperazine rings is 1. The molecule has 7 nitrogen and oxygen atoms in total. The van der Waals surface area contributed by atoms with Crippen LogP contribution < -0.4 is 9.80 Å². The highest BCUT2D eigenvalue weighted by molar-refractivity contribution is 7.88. The first-order chi connectivity index (χ1) is 9.95. The molecule has 0 spiro atoms. The zero-order valence-corrected chi connectivity index (χ0v) is 13.7. The fourth-order valence-corrected chi connectivity index (χ4v) is 3.28. The molecule has 0 radical (unpaired) electrons. The molecule has 0 aliphatic carbocycles. The van der Waals surface area contributed by atoms with Crippen molar-refractivity contribution in [3.63, 3.8) is 0 Å². The van der Waals surface area contributed by atoms with Crippen molar-refractivity contribution in [1.29, 1.82) is 0 Å². The first kappa shape index (κ1) is 16.0. The van der Waals surface area contributed by atoms with Crippen LogP contribution in [0.2, 0.25) is 0 Å². The smallest absolute Gasteiger partial charge is 0.211 e. The van der Waals surface area contributed by atoms with Crippen molar-refractivity contribution in [2.45, 2.75) is 13.8 Å². The van der Waals surface area contributed by atoms with Crippen molar-refractivity contribution in [2.24, 2.45) is 0 Å². The Balaban J connectivity index is 2.01. The van der Waals surface area contributed by atoms with E-state index < -0.39 is 10.0 Å².